The number of rotatable bonds is 10. The summed E-state index contributed by atoms with van der Waals surface area (Å²) in [6, 6.07) is 4.77. The smallest absolute Gasteiger partial charge is 0.282 e. The summed E-state index contributed by atoms with van der Waals surface area (Å²) in [5.74, 6) is -5.20. The summed E-state index contributed by atoms with van der Waals surface area (Å²) < 4.78 is 42.9. The first-order valence-electron chi connectivity index (χ1n) is 13.2. The molecule has 0 unspecified atom stereocenters. The van der Waals surface area contributed by atoms with Crippen molar-refractivity contribution in [2.75, 3.05) is 18.4 Å². The van der Waals surface area contributed by atoms with Crippen LogP contribution in [0.25, 0.3) is 0 Å². The normalized spacial score (nSPS) is 20.0. The van der Waals surface area contributed by atoms with Crippen LogP contribution >= 0.6 is 0 Å². The van der Waals surface area contributed by atoms with Crippen LogP contribution in [0.4, 0.5) is 18.9 Å². The molecule has 1 aromatic heterocycles. The summed E-state index contributed by atoms with van der Waals surface area (Å²) in [6.07, 6.45) is 5.50. The molecule has 0 radical (unpaired) electrons. The van der Waals surface area contributed by atoms with Crippen LogP contribution in [0.15, 0.2) is 30.5 Å². The number of anilines is 1. The van der Waals surface area contributed by atoms with E-state index in [1.54, 1.807) is 10.7 Å². The molecule has 204 valence electrons. The molecule has 0 spiro atoms. The number of hydrogen-bond acceptors (Lipinski definition) is 4. The van der Waals surface area contributed by atoms with Gasteiger partial charge in [0.25, 0.3) is 11.8 Å². The van der Waals surface area contributed by atoms with Crippen LogP contribution in [0.1, 0.15) is 61.5 Å². The number of carbonyl (C=O) groups is 3. The van der Waals surface area contributed by atoms with E-state index in [1.165, 1.54) is 25.3 Å². The van der Waals surface area contributed by atoms with Gasteiger partial charge in [-0.15, -0.1) is 0 Å². The number of aryl methyl sites for hydroxylation is 1. The molecular weight excluding hydrogens is 499 g/mol. The molecule has 1 saturated heterocycles. The van der Waals surface area contributed by atoms with E-state index in [1.807, 2.05) is 6.92 Å². The standard InChI is InChI=1S/C27H32F3N5O3/c1-3-35-21(10-11-31-35)24(36)33-23(22(16-4-5-16)17-6-7-17)25(37)32-20-9-8-18(12-19(20)28)15(2)26(38)34-13-27(29,30)14-34/h8-12,15-17,22-23H,3-7,13-14H2,1-2H3,(H,32,37)(H,33,36)/t15-,23-/m0/s1. The Kier molecular flexibility index (Phi) is 6.96. The molecule has 3 aliphatic rings. The number of amides is 3. The van der Waals surface area contributed by atoms with Crippen molar-refractivity contribution in [3.63, 3.8) is 0 Å². The molecule has 2 saturated carbocycles. The Balaban J connectivity index is 1.31. The third-order valence-corrected chi connectivity index (χ3v) is 7.81. The van der Waals surface area contributed by atoms with Gasteiger partial charge in [0, 0.05) is 12.7 Å². The fourth-order valence-electron chi connectivity index (χ4n) is 5.42. The van der Waals surface area contributed by atoms with Gasteiger partial charge in [-0.2, -0.15) is 5.10 Å². The number of benzene rings is 1. The number of likely N-dealkylation sites (tertiary alicyclic amines) is 1. The highest BCUT2D eigenvalue weighted by Crippen LogP contribution is 2.51. The molecule has 2 aliphatic carbocycles. The molecule has 1 aliphatic heterocycles. The first kappa shape index (κ1) is 26.2. The monoisotopic (exact) mass is 531 g/mol. The number of nitrogens with zero attached hydrogens (tertiary/aromatic N) is 3. The largest absolute Gasteiger partial charge is 0.339 e. The van der Waals surface area contributed by atoms with Crippen molar-refractivity contribution >= 4 is 23.4 Å². The molecule has 11 heteroatoms. The van der Waals surface area contributed by atoms with E-state index >= 15 is 4.39 Å². The summed E-state index contributed by atoms with van der Waals surface area (Å²) >= 11 is 0. The number of nitrogens with one attached hydrogen (secondary N) is 2. The third kappa shape index (κ3) is 5.42. The van der Waals surface area contributed by atoms with Gasteiger partial charge in [-0.25, -0.2) is 13.2 Å². The minimum Gasteiger partial charge on any atom is -0.339 e. The zero-order chi connectivity index (χ0) is 27.2. The van der Waals surface area contributed by atoms with E-state index in [0.29, 0.717) is 29.6 Å². The maximum absolute atomic E-state index is 15.1. The molecule has 8 nitrogen and oxygen atoms in total. The van der Waals surface area contributed by atoms with E-state index in [2.05, 4.69) is 15.7 Å². The zero-order valence-electron chi connectivity index (χ0n) is 21.4. The van der Waals surface area contributed by atoms with E-state index in [4.69, 9.17) is 0 Å². The lowest BCUT2D eigenvalue weighted by Gasteiger charge is -2.40. The Morgan fingerprint density at radius 3 is 2.32 bits per heavy atom. The maximum atomic E-state index is 15.1. The lowest BCUT2D eigenvalue weighted by atomic mass is 9.88. The lowest BCUT2D eigenvalue weighted by Crippen LogP contribution is -2.59. The SMILES string of the molecule is CCn1nccc1C(=O)N[C@H](C(=O)Nc1ccc([C@H](C)C(=O)N2CC(F)(F)C2)cc1F)C(C1CC1)C1CC1. The second-order valence-corrected chi connectivity index (χ2v) is 10.7. The number of aromatic nitrogens is 2. The molecule has 2 N–H and O–H groups in total. The number of alkyl halides is 2. The van der Waals surface area contributed by atoms with Crippen molar-refractivity contribution in [1.82, 2.24) is 20.0 Å². The van der Waals surface area contributed by atoms with E-state index in [9.17, 15) is 23.2 Å². The summed E-state index contributed by atoms with van der Waals surface area (Å²) in [5, 5.41) is 9.68. The highest BCUT2D eigenvalue weighted by Gasteiger charge is 2.49. The predicted octanol–water partition coefficient (Wildman–Crippen LogP) is 3.80. The van der Waals surface area contributed by atoms with Crippen molar-refractivity contribution in [2.24, 2.45) is 17.8 Å². The Labute approximate surface area is 218 Å². The van der Waals surface area contributed by atoms with E-state index < -0.39 is 54.5 Å². The molecule has 2 heterocycles. The fraction of sp³-hybridized carbons (Fsp3) is 0.556. The molecular formula is C27H32F3N5O3. The average Bonchev–Trinajstić information content (AvgIpc) is 3.81. The fourth-order valence-corrected chi connectivity index (χ4v) is 5.42. The Hall–Kier alpha value is -3.37. The van der Waals surface area contributed by atoms with E-state index in [0.717, 1.165) is 36.6 Å². The molecule has 5 rings (SSSR count). The predicted molar refractivity (Wildman–Crippen MR) is 133 cm³/mol. The first-order chi connectivity index (χ1) is 18.1. The van der Waals surface area contributed by atoms with Gasteiger partial charge in [0.1, 0.15) is 17.6 Å². The van der Waals surface area contributed by atoms with Gasteiger partial charge in [0.15, 0.2) is 0 Å². The Morgan fingerprint density at radius 1 is 1.11 bits per heavy atom. The number of hydrogen-bond donors (Lipinski definition) is 2. The highest BCUT2D eigenvalue weighted by molar-refractivity contribution is 6.01. The quantitative estimate of drug-likeness (QED) is 0.488. The summed E-state index contributed by atoms with van der Waals surface area (Å²) in [5.41, 5.74) is 0.606. The van der Waals surface area contributed by atoms with Crippen molar-refractivity contribution in [3.8, 4) is 0 Å². The lowest BCUT2D eigenvalue weighted by molar-refractivity contribution is -0.166. The molecule has 3 fully saturated rings. The van der Waals surface area contributed by atoms with Crippen LogP contribution in [-0.2, 0) is 16.1 Å². The molecule has 0 bridgehead atoms. The topological polar surface area (TPSA) is 96.3 Å². The van der Waals surface area contributed by atoms with Crippen molar-refractivity contribution < 1.29 is 27.6 Å². The van der Waals surface area contributed by atoms with E-state index in [-0.39, 0.29) is 11.6 Å². The summed E-state index contributed by atoms with van der Waals surface area (Å²) in [7, 11) is 0. The molecule has 2 atom stereocenters. The minimum atomic E-state index is -2.88. The second kappa shape index (κ2) is 10.1. The van der Waals surface area contributed by atoms with Gasteiger partial charge in [-0.05, 0) is 81.0 Å². The van der Waals surface area contributed by atoms with Gasteiger partial charge in [0.2, 0.25) is 11.8 Å². The average molecular weight is 532 g/mol. The highest BCUT2D eigenvalue weighted by atomic mass is 19.3. The van der Waals surface area contributed by atoms with Gasteiger partial charge < -0.3 is 15.5 Å². The number of carbonyl (C=O) groups excluding carboxylic acids is 3. The summed E-state index contributed by atoms with van der Waals surface area (Å²) in [6.45, 7) is 2.63. The van der Waals surface area contributed by atoms with Crippen LogP contribution in [0.2, 0.25) is 0 Å². The van der Waals surface area contributed by atoms with Crippen LogP contribution < -0.4 is 10.6 Å². The molecule has 3 amide bonds. The van der Waals surface area contributed by atoms with Crippen molar-refractivity contribution in [1.29, 1.82) is 0 Å². The second-order valence-electron chi connectivity index (χ2n) is 10.7. The molecule has 1 aromatic carbocycles. The Morgan fingerprint density at radius 2 is 1.76 bits per heavy atom. The van der Waals surface area contributed by atoms with Crippen LogP contribution in [0.5, 0.6) is 0 Å². The zero-order valence-corrected chi connectivity index (χ0v) is 21.4. The van der Waals surface area contributed by atoms with Gasteiger partial charge >= 0.3 is 0 Å². The Bertz CT molecular complexity index is 1220. The molecule has 38 heavy (non-hydrogen) atoms. The summed E-state index contributed by atoms with van der Waals surface area (Å²) in [4.78, 5) is 40.2. The number of halogens is 3. The minimum absolute atomic E-state index is 0.0356. The van der Waals surface area contributed by atoms with Gasteiger partial charge in [0.05, 0.1) is 24.7 Å². The molecule has 2 aromatic rings. The van der Waals surface area contributed by atoms with Crippen LogP contribution in [-0.4, -0.2) is 57.5 Å². The van der Waals surface area contributed by atoms with Crippen LogP contribution in [0, 0.1) is 23.6 Å². The van der Waals surface area contributed by atoms with Crippen molar-refractivity contribution in [3.05, 3.63) is 47.5 Å². The first-order valence-corrected chi connectivity index (χ1v) is 13.2. The van der Waals surface area contributed by atoms with Gasteiger partial charge in [-0.3, -0.25) is 19.1 Å². The van der Waals surface area contributed by atoms with Gasteiger partial charge in [-0.1, -0.05) is 6.07 Å². The van der Waals surface area contributed by atoms with Crippen molar-refractivity contribution in [2.45, 2.75) is 64.0 Å². The maximum Gasteiger partial charge on any atom is 0.282 e. The third-order valence-electron chi connectivity index (χ3n) is 7.81. The van der Waals surface area contributed by atoms with Crippen LogP contribution in [0.3, 0.4) is 0 Å².